The van der Waals surface area contributed by atoms with Crippen molar-refractivity contribution in [2.45, 2.75) is 78.2 Å². The van der Waals surface area contributed by atoms with E-state index in [1.807, 2.05) is 0 Å². The summed E-state index contributed by atoms with van der Waals surface area (Å²) in [5.41, 5.74) is 0.561. The molecule has 0 heterocycles. The number of carbonyl (C=O) groups is 1. The molecule has 2 heteroatoms. The highest BCUT2D eigenvalue weighted by molar-refractivity contribution is 5.87. The molecule has 6 aliphatic rings. The van der Waals surface area contributed by atoms with Gasteiger partial charge in [-0.25, -0.2) is 4.79 Å². The van der Waals surface area contributed by atoms with Gasteiger partial charge in [0.2, 0.25) is 0 Å². The lowest BCUT2D eigenvalue weighted by Gasteiger charge is -2.43. The maximum absolute atomic E-state index is 12.2. The van der Waals surface area contributed by atoms with E-state index < -0.39 is 0 Å². The summed E-state index contributed by atoms with van der Waals surface area (Å²) in [4.78, 5) is 12.2. The van der Waals surface area contributed by atoms with Gasteiger partial charge in [-0.2, -0.15) is 0 Å². The van der Waals surface area contributed by atoms with Crippen molar-refractivity contribution in [3.8, 4) is 0 Å². The molecule has 4 bridgehead atoms. The van der Waals surface area contributed by atoms with Crippen LogP contribution in [0.15, 0.2) is 12.2 Å². The van der Waals surface area contributed by atoms with Crippen LogP contribution in [-0.4, -0.2) is 12.1 Å². The zero-order valence-corrected chi connectivity index (χ0v) is 18.7. The van der Waals surface area contributed by atoms with Crippen molar-refractivity contribution < 1.29 is 9.53 Å². The van der Waals surface area contributed by atoms with E-state index in [0.717, 1.165) is 71.5 Å². The van der Waals surface area contributed by atoms with Crippen LogP contribution < -0.4 is 0 Å². The summed E-state index contributed by atoms with van der Waals surface area (Å²) >= 11 is 0. The zero-order chi connectivity index (χ0) is 20.0. The summed E-state index contributed by atoms with van der Waals surface area (Å²) < 4.78 is 5.93. The van der Waals surface area contributed by atoms with Crippen LogP contribution in [0.4, 0.5) is 0 Å². The molecule has 11 unspecified atom stereocenters. The van der Waals surface area contributed by atoms with Gasteiger partial charge in [0.25, 0.3) is 0 Å². The molecule has 0 aliphatic heterocycles. The maximum atomic E-state index is 12.2. The van der Waals surface area contributed by atoms with Crippen LogP contribution in [0.5, 0.6) is 0 Å². The molecule has 0 saturated heterocycles. The Labute approximate surface area is 177 Å². The van der Waals surface area contributed by atoms with Crippen molar-refractivity contribution in [3.05, 3.63) is 12.2 Å². The smallest absolute Gasteiger partial charge is 0.333 e. The number of carbonyl (C=O) groups excluding carboxylic acids is 1. The minimum Gasteiger partial charge on any atom is -0.459 e. The number of fused-ring (bicyclic) bond motifs is 14. The number of hydrogen-bond donors (Lipinski definition) is 0. The lowest BCUT2D eigenvalue weighted by molar-refractivity contribution is -0.148. The second-order valence-corrected chi connectivity index (χ2v) is 12.2. The predicted octanol–water partition coefficient (Wildman–Crippen LogP) is 6.11. The van der Waals surface area contributed by atoms with Gasteiger partial charge in [-0.1, -0.05) is 33.3 Å². The van der Waals surface area contributed by atoms with Gasteiger partial charge < -0.3 is 4.74 Å². The molecule has 6 rings (SSSR count). The van der Waals surface area contributed by atoms with Crippen LogP contribution in [0.25, 0.3) is 0 Å². The minimum atomic E-state index is -0.153. The molecule has 6 aliphatic carbocycles. The Balaban J connectivity index is 1.24. The fraction of sp³-hybridized carbons (Fsp3) is 0.889. The molecule has 29 heavy (non-hydrogen) atoms. The van der Waals surface area contributed by atoms with E-state index in [4.69, 9.17) is 4.74 Å². The van der Waals surface area contributed by atoms with E-state index in [2.05, 4.69) is 20.4 Å². The van der Waals surface area contributed by atoms with Crippen LogP contribution in [0.1, 0.15) is 72.1 Å². The van der Waals surface area contributed by atoms with E-state index in [1.165, 1.54) is 38.5 Å². The van der Waals surface area contributed by atoms with Crippen molar-refractivity contribution in [2.75, 3.05) is 0 Å². The average Bonchev–Trinajstić information content (AvgIpc) is 3.43. The molecular formula is C27H40O2. The topological polar surface area (TPSA) is 26.3 Å². The molecule has 160 valence electrons. The van der Waals surface area contributed by atoms with E-state index in [0.29, 0.717) is 11.5 Å². The molecule has 6 saturated carbocycles. The van der Waals surface area contributed by atoms with E-state index in [9.17, 15) is 4.79 Å². The standard InChI is InChI=1S/C27H40O2/c1-5-15-7-6-14(4)8-18-21-12-20(24(15)18)22-11-19-17-9-16(25(19)26(21)22)10-23(17)29-27(28)13(2)3/h14-26H,2,5-12H2,1,3-4H3/t14?,15?,16?,17?,18-,19?,20?,21?,22?,23?,24-,25?,26?/m0/s1. The van der Waals surface area contributed by atoms with Gasteiger partial charge in [0.05, 0.1) is 0 Å². The van der Waals surface area contributed by atoms with Crippen LogP contribution in [0, 0.1) is 71.0 Å². The summed E-state index contributed by atoms with van der Waals surface area (Å²) in [6.45, 7) is 10.6. The summed E-state index contributed by atoms with van der Waals surface area (Å²) in [6, 6.07) is 0. The van der Waals surface area contributed by atoms with Crippen molar-refractivity contribution in [3.63, 3.8) is 0 Å². The predicted molar refractivity (Wildman–Crippen MR) is 115 cm³/mol. The Morgan fingerprint density at radius 1 is 0.862 bits per heavy atom. The first-order chi connectivity index (χ1) is 14.0. The Morgan fingerprint density at radius 3 is 2.21 bits per heavy atom. The van der Waals surface area contributed by atoms with Crippen molar-refractivity contribution in [2.24, 2.45) is 71.0 Å². The Hall–Kier alpha value is -0.790. The maximum Gasteiger partial charge on any atom is 0.333 e. The Morgan fingerprint density at radius 2 is 1.52 bits per heavy atom. The van der Waals surface area contributed by atoms with Gasteiger partial charge >= 0.3 is 5.97 Å². The molecule has 0 N–H and O–H groups in total. The van der Waals surface area contributed by atoms with E-state index >= 15 is 0 Å². The summed E-state index contributed by atoms with van der Waals surface area (Å²) in [5.74, 6) is 11.3. The molecule has 2 nitrogen and oxygen atoms in total. The number of hydrogen-bond acceptors (Lipinski definition) is 2. The lowest BCUT2D eigenvalue weighted by atomic mass is 9.61. The monoisotopic (exact) mass is 396 g/mol. The molecule has 0 aromatic carbocycles. The highest BCUT2D eigenvalue weighted by Gasteiger charge is 2.69. The fourth-order valence-corrected chi connectivity index (χ4v) is 10.5. The Bertz CT molecular complexity index is 711. The average molecular weight is 397 g/mol. The molecule has 13 atom stereocenters. The summed E-state index contributed by atoms with van der Waals surface area (Å²) in [7, 11) is 0. The van der Waals surface area contributed by atoms with Gasteiger partial charge in [-0.05, 0) is 116 Å². The van der Waals surface area contributed by atoms with Crippen LogP contribution in [-0.2, 0) is 9.53 Å². The number of rotatable bonds is 3. The SMILES string of the molecule is C=C(C)C(=O)OC1CC2CC1C1CC3C(C21)C1CC3[C@H]2C(CC)CCC(C)C[C@@H]12. The quantitative estimate of drug-likeness (QED) is 0.425. The number of esters is 1. The van der Waals surface area contributed by atoms with Gasteiger partial charge in [0, 0.05) is 5.57 Å². The second kappa shape index (κ2) is 6.60. The molecule has 0 aromatic rings. The van der Waals surface area contributed by atoms with Gasteiger partial charge in [-0.15, -0.1) is 0 Å². The third-order valence-electron chi connectivity index (χ3n) is 11.2. The van der Waals surface area contributed by atoms with Crippen molar-refractivity contribution in [1.82, 2.24) is 0 Å². The third-order valence-corrected chi connectivity index (χ3v) is 11.2. The van der Waals surface area contributed by atoms with Crippen molar-refractivity contribution in [1.29, 1.82) is 0 Å². The second-order valence-electron chi connectivity index (χ2n) is 12.2. The normalized spacial score (nSPS) is 56.6. The first-order valence-electron chi connectivity index (χ1n) is 12.8. The molecule has 0 amide bonds. The van der Waals surface area contributed by atoms with Crippen LogP contribution in [0.3, 0.4) is 0 Å². The Kier molecular flexibility index (Phi) is 4.31. The zero-order valence-electron chi connectivity index (χ0n) is 18.7. The van der Waals surface area contributed by atoms with Gasteiger partial charge in [0.15, 0.2) is 0 Å². The molecular weight excluding hydrogens is 356 g/mol. The summed E-state index contributed by atoms with van der Waals surface area (Å²) in [6.07, 6.45) is 11.6. The molecule has 0 radical (unpaired) electrons. The van der Waals surface area contributed by atoms with Crippen LogP contribution >= 0.6 is 0 Å². The fourth-order valence-electron chi connectivity index (χ4n) is 10.5. The lowest BCUT2D eigenvalue weighted by Crippen LogP contribution is -2.39. The molecule has 0 spiro atoms. The number of ether oxygens (including phenoxy) is 1. The van der Waals surface area contributed by atoms with E-state index in [1.54, 1.807) is 13.3 Å². The minimum absolute atomic E-state index is 0.153. The summed E-state index contributed by atoms with van der Waals surface area (Å²) in [5, 5.41) is 0. The molecule has 6 fully saturated rings. The first-order valence-corrected chi connectivity index (χ1v) is 12.8. The highest BCUT2D eigenvalue weighted by atomic mass is 16.5. The van der Waals surface area contributed by atoms with Crippen molar-refractivity contribution >= 4 is 5.97 Å². The van der Waals surface area contributed by atoms with Gasteiger partial charge in [-0.3, -0.25) is 0 Å². The largest absolute Gasteiger partial charge is 0.459 e. The van der Waals surface area contributed by atoms with Gasteiger partial charge in [0.1, 0.15) is 6.10 Å². The molecule has 0 aromatic heterocycles. The first kappa shape index (κ1) is 18.9. The van der Waals surface area contributed by atoms with Crippen LogP contribution in [0.2, 0.25) is 0 Å². The van der Waals surface area contributed by atoms with E-state index in [-0.39, 0.29) is 12.1 Å². The highest BCUT2D eigenvalue weighted by Crippen LogP contribution is 2.74. The third kappa shape index (κ3) is 2.56.